The van der Waals surface area contributed by atoms with Crippen LogP contribution in [-0.4, -0.2) is 126 Å². The minimum Gasteiger partial charge on any atom is -0.456 e. The number of nitrogens with zero attached hydrogens (tertiary/aromatic N) is 1. The van der Waals surface area contributed by atoms with Crippen LogP contribution < -0.4 is 0 Å². The van der Waals surface area contributed by atoms with Crippen LogP contribution in [0, 0.1) is 29.6 Å². The molecule has 3 heterocycles. The van der Waals surface area contributed by atoms with E-state index in [1.807, 2.05) is 39.8 Å². The molecule has 13 heteroatoms. The van der Waals surface area contributed by atoms with Gasteiger partial charge in [0.1, 0.15) is 24.0 Å². The summed E-state index contributed by atoms with van der Waals surface area (Å²) in [4.78, 5) is 57.2. The number of hydrogen-bond acceptors (Lipinski definition) is 12. The van der Waals surface area contributed by atoms with Crippen molar-refractivity contribution in [1.82, 2.24) is 4.90 Å². The summed E-state index contributed by atoms with van der Waals surface area (Å²) in [6.45, 7) is 11.2. The SMILES string of the molecule is CC[C@@H]1/C=C(\C)C[C@H](C)C[C@@H](OC)C2O[C@@](O)(C(=O)C(=O)N3CCCC3C(=O)O[C@H](/C(C)=C/C3CC[C@@H](O)[C@H](OC)C3)[C@H](C)[C@@H](O)CC1=O)[C@H](C)C[C@@H]2OC. The van der Waals surface area contributed by atoms with Crippen molar-refractivity contribution in [3.63, 3.8) is 0 Å². The summed E-state index contributed by atoms with van der Waals surface area (Å²) in [5, 5.41) is 33.9. The molecule has 1 amide bonds. The van der Waals surface area contributed by atoms with Gasteiger partial charge in [-0.15, -0.1) is 0 Å². The van der Waals surface area contributed by atoms with Gasteiger partial charge in [0.05, 0.1) is 30.5 Å². The molecule has 13 nitrogen and oxygen atoms in total. The first-order valence-electron chi connectivity index (χ1n) is 20.3. The number of ketones is 2. The molecule has 312 valence electrons. The van der Waals surface area contributed by atoms with Crippen molar-refractivity contribution in [3.05, 3.63) is 23.3 Å². The molecule has 0 aromatic rings. The van der Waals surface area contributed by atoms with Crippen LogP contribution in [0.5, 0.6) is 0 Å². The first-order chi connectivity index (χ1) is 26.0. The molecule has 3 N–H and O–H groups in total. The third-order valence-electron chi connectivity index (χ3n) is 12.6. The molecule has 0 aromatic carbocycles. The van der Waals surface area contributed by atoms with Crippen molar-refractivity contribution in [2.45, 2.75) is 160 Å². The van der Waals surface area contributed by atoms with Gasteiger partial charge in [-0.2, -0.15) is 0 Å². The summed E-state index contributed by atoms with van der Waals surface area (Å²) in [5.74, 6) is -7.50. The highest BCUT2D eigenvalue weighted by molar-refractivity contribution is 6.39. The van der Waals surface area contributed by atoms with E-state index in [0.29, 0.717) is 50.5 Å². The fourth-order valence-corrected chi connectivity index (χ4v) is 9.23. The number of fused-ring (bicyclic) bond motifs is 3. The number of cyclic esters (lactones) is 1. The summed E-state index contributed by atoms with van der Waals surface area (Å²) in [5.41, 5.74) is 1.66. The molecule has 4 aliphatic rings. The molecule has 1 saturated carbocycles. The van der Waals surface area contributed by atoms with Crippen molar-refractivity contribution in [2.75, 3.05) is 27.9 Å². The highest BCUT2D eigenvalue weighted by Gasteiger charge is 2.57. The lowest BCUT2D eigenvalue weighted by atomic mass is 9.81. The summed E-state index contributed by atoms with van der Waals surface area (Å²) in [6, 6.07) is -1.12. The second kappa shape index (κ2) is 19.8. The van der Waals surface area contributed by atoms with Gasteiger partial charge in [-0.05, 0) is 89.0 Å². The van der Waals surface area contributed by atoms with E-state index >= 15 is 0 Å². The Morgan fingerprint density at radius 3 is 2.22 bits per heavy atom. The maximum atomic E-state index is 14.1. The molecule has 0 radical (unpaired) electrons. The van der Waals surface area contributed by atoms with E-state index in [1.165, 1.54) is 14.2 Å². The third kappa shape index (κ3) is 10.5. The van der Waals surface area contributed by atoms with E-state index < -0.39 is 83.9 Å². The van der Waals surface area contributed by atoms with Crippen LogP contribution in [0.4, 0.5) is 0 Å². The Labute approximate surface area is 327 Å². The molecule has 3 unspecified atom stereocenters. The standard InChI is InChI=1S/C42H67NO12/c1-10-29-17-23(2)16-24(3)18-35(52-8)38-36(53-9)20-26(5)42(50,55-38)39(47)40(48)43-15-11-12-30(43)41(49)54-37(27(6)32(45)22-33(29)46)25(4)19-28-13-14-31(44)34(21-28)51-7/h17,19,24,26-32,34-38,44-45,50H,10-16,18,20-22H2,1-9H3/b23-17+,25-19+/t24-,26+,27+,28?,29+,30?,31+,32-,34+,35+,36-,37+,38?,42+/m0/s1. The zero-order valence-corrected chi connectivity index (χ0v) is 34.4. The predicted molar refractivity (Wildman–Crippen MR) is 203 cm³/mol. The van der Waals surface area contributed by atoms with E-state index in [4.69, 9.17) is 23.7 Å². The van der Waals surface area contributed by atoms with Crippen molar-refractivity contribution in [2.24, 2.45) is 29.6 Å². The lowest BCUT2D eigenvalue weighted by Gasteiger charge is -2.46. The van der Waals surface area contributed by atoms with Crippen LogP contribution in [0.15, 0.2) is 23.3 Å². The van der Waals surface area contributed by atoms with Crippen LogP contribution in [0.25, 0.3) is 0 Å². The smallest absolute Gasteiger partial charge is 0.329 e. The maximum absolute atomic E-state index is 14.1. The van der Waals surface area contributed by atoms with Crippen molar-refractivity contribution < 1.29 is 58.2 Å². The quantitative estimate of drug-likeness (QED) is 0.200. The van der Waals surface area contributed by atoms with Crippen LogP contribution >= 0.6 is 0 Å². The van der Waals surface area contributed by atoms with Gasteiger partial charge in [0.25, 0.3) is 11.7 Å². The van der Waals surface area contributed by atoms with Gasteiger partial charge in [0, 0.05) is 52.0 Å². The lowest BCUT2D eigenvalue weighted by Crippen LogP contribution is -2.63. The van der Waals surface area contributed by atoms with Crippen LogP contribution in [0.2, 0.25) is 0 Å². The Morgan fingerprint density at radius 2 is 1.58 bits per heavy atom. The molecule has 0 aromatic heterocycles. The largest absolute Gasteiger partial charge is 0.456 e. The monoisotopic (exact) mass is 777 g/mol. The van der Waals surface area contributed by atoms with E-state index in [9.17, 15) is 34.5 Å². The molecule has 4 rings (SSSR count). The van der Waals surface area contributed by atoms with Crippen molar-refractivity contribution in [3.8, 4) is 0 Å². The molecule has 2 saturated heterocycles. The van der Waals surface area contributed by atoms with E-state index in [0.717, 1.165) is 10.5 Å². The second-order valence-corrected chi connectivity index (χ2v) is 16.8. The molecule has 55 heavy (non-hydrogen) atoms. The van der Waals surface area contributed by atoms with Crippen LogP contribution in [0.3, 0.4) is 0 Å². The zero-order chi connectivity index (χ0) is 40.8. The fraction of sp³-hybridized carbons (Fsp3) is 0.810. The number of hydrogen-bond donors (Lipinski definition) is 3. The molecular formula is C42H67NO12. The average Bonchev–Trinajstić information content (AvgIpc) is 3.65. The number of aliphatic hydroxyl groups excluding tert-OH is 2. The average molecular weight is 778 g/mol. The number of methoxy groups -OCH3 is 3. The number of ether oxygens (including phenoxy) is 5. The van der Waals surface area contributed by atoms with E-state index in [2.05, 4.69) is 0 Å². The van der Waals surface area contributed by atoms with E-state index in [-0.39, 0.29) is 49.5 Å². The first kappa shape index (κ1) is 45.2. The Bertz CT molecular complexity index is 1410. The van der Waals surface area contributed by atoms with E-state index in [1.54, 1.807) is 21.0 Å². The van der Waals surface area contributed by atoms with Crippen molar-refractivity contribution >= 4 is 23.4 Å². The summed E-state index contributed by atoms with van der Waals surface area (Å²) in [6.07, 6.45) is 3.01. The second-order valence-electron chi connectivity index (χ2n) is 16.8. The Hall–Kier alpha value is -2.52. The summed E-state index contributed by atoms with van der Waals surface area (Å²) in [7, 11) is 4.62. The highest BCUT2D eigenvalue weighted by Crippen LogP contribution is 2.39. The van der Waals surface area contributed by atoms with Gasteiger partial charge in [0.2, 0.25) is 5.79 Å². The van der Waals surface area contributed by atoms with Gasteiger partial charge in [-0.1, -0.05) is 45.4 Å². The first-order valence-corrected chi connectivity index (χ1v) is 20.3. The number of allylic oxidation sites excluding steroid dienone is 3. The normalized spacial score (nSPS) is 41.9. The van der Waals surface area contributed by atoms with Gasteiger partial charge >= 0.3 is 5.97 Å². The maximum Gasteiger partial charge on any atom is 0.329 e. The van der Waals surface area contributed by atoms with Gasteiger partial charge in [-0.3, -0.25) is 14.4 Å². The molecule has 14 atom stereocenters. The van der Waals surface area contributed by atoms with Gasteiger partial charge < -0.3 is 43.9 Å². The third-order valence-corrected chi connectivity index (χ3v) is 12.6. The predicted octanol–water partition coefficient (Wildman–Crippen LogP) is 4.08. The minimum atomic E-state index is -2.49. The number of rotatable bonds is 6. The number of carbonyl (C=O) groups is 4. The zero-order valence-electron chi connectivity index (χ0n) is 34.4. The Balaban J connectivity index is 1.74. The topological polar surface area (TPSA) is 178 Å². The molecule has 0 spiro atoms. The molecular weight excluding hydrogens is 710 g/mol. The van der Waals surface area contributed by atoms with Crippen LogP contribution in [-0.2, 0) is 42.9 Å². The van der Waals surface area contributed by atoms with Crippen molar-refractivity contribution in [1.29, 1.82) is 0 Å². The Morgan fingerprint density at radius 1 is 0.927 bits per heavy atom. The number of carbonyl (C=O) groups excluding carboxylic acids is 4. The lowest BCUT2D eigenvalue weighted by molar-refractivity contribution is -0.302. The Kier molecular flexibility index (Phi) is 16.2. The number of aliphatic hydroxyl groups is 3. The molecule has 2 bridgehead atoms. The minimum absolute atomic E-state index is 0.00258. The fourth-order valence-electron chi connectivity index (χ4n) is 9.23. The molecule has 1 aliphatic carbocycles. The highest BCUT2D eigenvalue weighted by atomic mass is 16.7. The molecule has 3 fully saturated rings. The number of amides is 1. The summed E-state index contributed by atoms with van der Waals surface area (Å²) < 4.78 is 29.6. The van der Waals surface area contributed by atoms with Gasteiger partial charge in [-0.25, -0.2) is 4.79 Å². The van der Waals surface area contributed by atoms with Gasteiger partial charge in [0.15, 0.2) is 0 Å². The number of Topliss-reactive ketones (excluding diaryl/α,β-unsaturated/α-hetero) is 2. The van der Waals surface area contributed by atoms with Crippen LogP contribution in [0.1, 0.15) is 106 Å². The summed E-state index contributed by atoms with van der Waals surface area (Å²) >= 11 is 0. The number of esters is 1. The molecule has 3 aliphatic heterocycles.